The number of hydrogen-bond acceptors (Lipinski definition) is 5. The average Bonchev–Trinajstić information content (AvgIpc) is 3.19. The molecule has 2 N–H and O–H groups in total. The van der Waals surface area contributed by atoms with Crippen LogP contribution < -0.4 is 15.7 Å². The maximum atomic E-state index is 12.6. The molecule has 2 aromatic carbocycles. The predicted octanol–water partition coefficient (Wildman–Crippen LogP) is 4.10. The van der Waals surface area contributed by atoms with Crippen molar-refractivity contribution in [1.29, 1.82) is 0 Å². The zero-order valence-corrected chi connectivity index (χ0v) is 18.0. The highest BCUT2D eigenvalue weighted by atomic mass is 16.5. The summed E-state index contributed by atoms with van der Waals surface area (Å²) in [6.07, 6.45) is 0.477. The molecule has 0 unspecified atom stereocenters. The van der Waals surface area contributed by atoms with Crippen molar-refractivity contribution in [2.45, 2.75) is 39.7 Å². The Kier molecular flexibility index (Phi) is 5.50. The Balaban J connectivity index is 1.49. The lowest BCUT2D eigenvalue weighted by atomic mass is 10.00. The number of hydrogen-bond donors (Lipinski definition) is 2. The van der Waals surface area contributed by atoms with E-state index in [1.165, 1.54) is 0 Å². The van der Waals surface area contributed by atoms with E-state index in [1.807, 2.05) is 57.2 Å². The quantitative estimate of drug-likeness (QED) is 0.459. The second-order valence-corrected chi connectivity index (χ2v) is 7.69. The largest absolute Gasteiger partial charge is 0.496 e. The first-order valence-corrected chi connectivity index (χ1v) is 10.2. The standard InChI is InChI=1S/C24H25N3O4/c1-13-16-9-11-20(30-4)14(2)22(16)31-24(29)17(13)10-12-21(28)25-15(3)23-26-18-7-5-6-8-19(18)27-23/h5-9,11,15H,10,12H2,1-4H3,(H,25,28)(H,26,27)/t15-/m0/s1. The molecule has 0 aliphatic carbocycles. The zero-order chi connectivity index (χ0) is 22.1. The number of ether oxygens (including phenoxy) is 1. The minimum atomic E-state index is -0.417. The summed E-state index contributed by atoms with van der Waals surface area (Å²) in [5.41, 5.74) is 4.01. The molecule has 0 bridgehead atoms. The van der Waals surface area contributed by atoms with Crippen LogP contribution in [0, 0.1) is 13.8 Å². The molecule has 0 saturated carbocycles. The minimum Gasteiger partial charge on any atom is -0.496 e. The van der Waals surface area contributed by atoms with Gasteiger partial charge in [0.1, 0.15) is 17.2 Å². The third-order valence-electron chi connectivity index (χ3n) is 5.67. The van der Waals surface area contributed by atoms with Gasteiger partial charge in [-0.3, -0.25) is 4.79 Å². The van der Waals surface area contributed by atoms with Gasteiger partial charge < -0.3 is 19.5 Å². The van der Waals surface area contributed by atoms with Crippen molar-refractivity contribution >= 4 is 27.9 Å². The average molecular weight is 419 g/mol. The lowest BCUT2D eigenvalue weighted by molar-refractivity contribution is -0.121. The number of aryl methyl sites for hydroxylation is 2. The molecule has 2 heterocycles. The van der Waals surface area contributed by atoms with Crippen LogP contribution in [0.2, 0.25) is 0 Å². The minimum absolute atomic E-state index is 0.155. The highest BCUT2D eigenvalue weighted by molar-refractivity contribution is 5.86. The highest BCUT2D eigenvalue weighted by Crippen LogP contribution is 2.29. The number of carbonyl (C=O) groups excluding carboxylic acids is 1. The second-order valence-electron chi connectivity index (χ2n) is 7.69. The molecular formula is C24H25N3O4. The number of H-pyrrole nitrogens is 1. The first-order valence-electron chi connectivity index (χ1n) is 10.2. The maximum Gasteiger partial charge on any atom is 0.339 e. The van der Waals surface area contributed by atoms with Crippen molar-refractivity contribution in [3.63, 3.8) is 0 Å². The van der Waals surface area contributed by atoms with E-state index < -0.39 is 5.63 Å². The van der Waals surface area contributed by atoms with Crippen molar-refractivity contribution in [2.24, 2.45) is 0 Å². The lowest BCUT2D eigenvalue weighted by Crippen LogP contribution is -2.28. The van der Waals surface area contributed by atoms with Crippen LogP contribution in [0.4, 0.5) is 0 Å². The molecule has 1 amide bonds. The summed E-state index contributed by atoms with van der Waals surface area (Å²) in [5.74, 6) is 1.21. The molecule has 0 radical (unpaired) electrons. The Labute approximate surface area is 179 Å². The number of imidazole rings is 1. The fourth-order valence-electron chi connectivity index (χ4n) is 3.88. The number of aromatic nitrogens is 2. The third kappa shape index (κ3) is 3.91. The van der Waals surface area contributed by atoms with Gasteiger partial charge >= 0.3 is 5.63 Å². The van der Waals surface area contributed by atoms with Gasteiger partial charge in [0.25, 0.3) is 0 Å². The number of para-hydroxylation sites is 2. The molecule has 4 rings (SSSR count). The molecular weight excluding hydrogens is 394 g/mol. The van der Waals surface area contributed by atoms with Crippen LogP contribution >= 0.6 is 0 Å². The molecule has 7 heteroatoms. The van der Waals surface area contributed by atoms with Gasteiger partial charge in [0, 0.05) is 22.9 Å². The molecule has 0 aliphatic rings. The van der Waals surface area contributed by atoms with Crippen molar-refractivity contribution < 1.29 is 13.9 Å². The number of methoxy groups -OCH3 is 1. The van der Waals surface area contributed by atoms with Gasteiger partial charge in [-0.1, -0.05) is 12.1 Å². The van der Waals surface area contributed by atoms with Gasteiger partial charge in [-0.15, -0.1) is 0 Å². The summed E-state index contributed by atoms with van der Waals surface area (Å²) in [4.78, 5) is 32.9. The number of nitrogens with zero attached hydrogens (tertiary/aromatic N) is 1. The Hall–Kier alpha value is -3.61. The van der Waals surface area contributed by atoms with E-state index in [9.17, 15) is 9.59 Å². The van der Waals surface area contributed by atoms with E-state index in [-0.39, 0.29) is 18.4 Å². The number of benzene rings is 2. The fourth-order valence-corrected chi connectivity index (χ4v) is 3.88. The summed E-state index contributed by atoms with van der Waals surface area (Å²) in [6.45, 7) is 5.62. The van der Waals surface area contributed by atoms with Gasteiger partial charge in [0.2, 0.25) is 5.91 Å². The molecule has 31 heavy (non-hydrogen) atoms. The fraction of sp³-hybridized carbons (Fsp3) is 0.292. The highest BCUT2D eigenvalue weighted by Gasteiger charge is 2.18. The van der Waals surface area contributed by atoms with Gasteiger partial charge in [-0.2, -0.15) is 0 Å². The van der Waals surface area contributed by atoms with E-state index in [0.717, 1.165) is 27.5 Å². The van der Waals surface area contributed by atoms with Crippen LogP contribution in [0.1, 0.15) is 41.9 Å². The number of aromatic amines is 1. The Bertz CT molecular complexity index is 1300. The number of fused-ring (bicyclic) bond motifs is 2. The summed E-state index contributed by atoms with van der Waals surface area (Å²) < 4.78 is 10.9. The van der Waals surface area contributed by atoms with Crippen molar-refractivity contribution in [3.8, 4) is 5.75 Å². The van der Waals surface area contributed by atoms with Crippen molar-refractivity contribution in [1.82, 2.24) is 15.3 Å². The Morgan fingerprint density at radius 2 is 1.97 bits per heavy atom. The smallest absolute Gasteiger partial charge is 0.339 e. The zero-order valence-electron chi connectivity index (χ0n) is 18.0. The van der Waals surface area contributed by atoms with E-state index >= 15 is 0 Å². The van der Waals surface area contributed by atoms with Crippen LogP contribution in [0.5, 0.6) is 5.75 Å². The van der Waals surface area contributed by atoms with Crippen molar-refractivity contribution in [3.05, 3.63) is 69.3 Å². The van der Waals surface area contributed by atoms with E-state index in [0.29, 0.717) is 29.1 Å². The first kappa shape index (κ1) is 20.7. The first-order chi connectivity index (χ1) is 14.9. The molecule has 0 aliphatic heterocycles. The number of nitrogens with one attached hydrogen (secondary N) is 2. The predicted molar refractivity (Wildman–Crippen MR) is 119 cm³/mol. The van der Waals surface area contributed by atoms with Gasteiger partial charge in [-0.25, -0.2) is 9.78 Å². The van der Waals surface area contributed by atoms with Gasteiger partial charge in [0.15, 0.2) is 0 Å². The Morgan fingerprint density at radius 1 is 1.19 bits per heavy atom. The molecule has 0 saturated heterocycles. The molecule has 0 spiro atoms. The molecule has 2 aromatic heterocycles. The topological polar surface area (TPSA) is 97.2 Å². The molecule has 0 fully saturated rings. The number of rotatable bonds is 6. The summed E-state index contributed by atoms with van der Waals surface area (Å²) in [6, 6.07) is 11.2. The monoisotopic (exact) mass is 419 g/mol. The van der Waals surface area contributed by atoms with Gasteiger partial charge in [-0.05, 0) is 57.0 Å². The summed E-state index contributed by atoms with van der Waals surface area (Å²) in [7, 11) is 1.58. The molecule has 1 atom stereocenters. The van der Waals surface area contributed by atoms with E-state index in [4.69, 9.17) is 9.15 Å². The van der Waals surface area contributed by atoms with Crippen LogP contribution in [0.3, 0.4) is 0 Å². The third-order valence-corrected chi connectivity index (χ3v) is 5.67. The maximum absolute atomic E-state index is 12.6. The molecule has 4 aromatic rings. The van der Waals surface area contributed by atoms with E-state index in [2.05, 4.69) is 15.3 Å². The lowest BCUT2D eigenvalue weighted by Gasteiger charge is -2.13. The summed E-state index contributed by atoms with van der Waals surface area (Å²) >= 11 is 0. The van der Waals surface area contributed by atoms with E-state index in [1.54, 1.807) is 7.11 Å². The second kappa shape index (κ2) is 8.26. The SMILES string of the molecule is COc1ccc2c(C)c(CCC(=O)N[C@@H](C)c3nc4ccccc4[nH]3)c(=O)oc2c1C. The van der Waals surface area contributed by atoms with Gasteiger partial charge in [0.05, 0.1) is 24.2 Å². The van der Waals surface area contributed by atoms with Crippen LogP contribution in [0.25, 0.3) is 22.0 Å². The number of carbonyl (C=O) groups is 1. The van der Waals surface area contributed by atoms with Crippen LogP contribution in [-0.2, 0) is 11.2 Å². The normalized spacial score (nSPS) is 12.3. The summed E-state index contributed by atoms with van der Waals surface area (Å²) in [5, 5.41) is 3.80. The van der Waals surface area contributed by atoms with Crippen LogP contribution in [-0.4, -0.2) is 23.0 Å². The molecule has 160 valence electrons. The van der Waals surface area contributed by atoms with Crippen LogP contribution in [0.15, 0.2) is 45.6 Å². The Morgan fingerprint density at radius 3 is 2.71 bits per heavy atom. The van der Waals surface area contributed by atoms with Crippen molar-refractivity contribution in [2.75, 3.05) is 7.11 Å². The molecule has 7 nitrogen and oxygen atoms in total. The number of amides is 1.